The molecule has 1 heterocycles. The third kappa shape index (κ3) is 8.92. The molecule has 0 aliphatic rings. The molecule has 2 aromatic carbocycles. The van der Waals surface area contributed by atoms with Crippen LogP contribution in [0.25, 0.3) is 0 Å². The Bertz CT molecular complexity index is 623. The number of nitrogens with zero attached hydrogens (tertiary/aromatic N) is 2. The first kappa shape index (κ1) is 19.1. The van der Waals surface area contributed by atoms with E-state index in [1.54, 1.807) is 35.3 Å². The lowest BCUT2D eigenvalue weighted by molar-refractivity contribution is 0.108. The fourth-order valence-electron chi connectivity index (χ4n) is 1.30. The standard InChI is InChI=1S/2C7H6OS.C2H2N2S/c2*8-7(9)6-4-2-1-3-5-6;1-3-4-2-5-1/h2*1-5H,(H,8,9);1-2H. The Morgan fingerprint density at radius 3 is 1.22 bits per heavy atom. The molecule has 7 heteroatoms. The highest BCUT2D eigenvalue weighted by atomic mass is 32.1. The van der Waals surface area contributed by atoms with Gasteiger partial charge in [-0.15, -0.1) is 46.8 Å². The summed E-state index contributed by atoms with van der Waals surface area (Å²) in [5, 5.41) is 6.61. The van der Waals surface area contributed by atoms with Gasteiger partial charge < -0.3 is 0 Å². The van der Waals surface area contributed by atoms with Gasteiger partial charge in [-0.1, -0.05) is 60.7 Å². The van der Waals surface area contributed by atoms with Gasteiger partial charge in [0, 0.05) is 11.1 Å². The third-order valence-electron chi connectivity index (χ3n) is 2.32. The minimum Gasteiger partial charge on any atom is -0.282 e. The molecule has 0 radical (unpaired) electrons. The zero-order valence-corrected chi connectivity index (χ0v) is 14.5. The van der Waals surface area contributed by atoms with Gasteiger partial charge in [0.05, 0.1) is 0 Å². The Kier molecular flexibility index (Phi) is 9.62. The summed E-state index contributed by atoms with van der Waals surface area (Å²) in [7, 11) is 0. The fraction of sp³-hybridized carbons (Fsp3) is 0. The van der Waals surface area contributed by atoms with Gasteiger partial charge in [0.15, 0.2) is 0 Å². The van der Waals surface area contributed by atoms with E-state index in [0.717, 1.165) is 0 Å². The van der Waals surface area contributed by atoms with Crippen LogP contribution in [-0.2, 0) is 0 Å². The molecule has 3 aromatic rings. The summed E-state index contributed by atoms with van der Waals surface area (Å²) >= 11 is 8.79. The van der Waals surface area contributed by atoms with E-state index in [-0.39, 0.29) is 10.2 Å². The Labute approximate surface area is 149 Å². The normalized spacial score (nSPS) is 8.78. The van der Waals surface area contributed by atoms with Gasteiger partial charge in [-0.05, 0) is 0 Å². The summed E-state index contributed by atoms with van der Waals surface area (Å²) in [6.07, 6.45) is 0. The second-order valence-corrected chi connectivity index (χ2v) is 5.43. The highest BCUT2D eigenvalue weighted by Gasteiger charge is 1.94. The number of hydrogen-bond acceptors (Lipinski definition) is 5. The molecule has 0 aliphatic heterocycles. The number of carbonyl (C=O) groups excluding carboxylic acids is 2. The molecule has 0 fully saturated rings. The van der Waals surface area contributed by atoms with Crippen LogP contribution in [0, 0.1) is 0 Å². The van der Waals surface area contributed by atoms with Crippen LogP contribution in [0.4, 0.5) is 0 Å². The fourth-order valence-corrected chi connectivity index (χ4v) is 1.87. The summed E-state index contributed by atoms with van der Waals surface area (Å²) < 4.78 is 0. The van der Waals surface area contributed by atoms with Crippen molar-refractivity contribution < 1.29 is 9.59 Å². The maximum Gasteiger partial charge on any atom is 0.216 e. The van der Waals surface area contributed by atoms with Gasteiger partial charge >= 0.3 is 0 Å². The lowest BCUT2D eigenvalue weighted by Gasteiger charge is -1.88. The smallest absolute Gasteiger partial charge is 0.216 e. The van der Waals surface area contributed by atoms with Crippen molar-refractivity contribution in [3.63, 3.8) is 0 Å². The minimum absolute atomic E-state index is 0.185. The molecule has 0 saturated heterocycles. The van der Waals surface area contributed by atoms with Crippen molar-refractivity contribution in [2.45, 2.75) is 0 Å². The number of thiol groups is 2. The number of rotatable bonds is 2. The highest BCUT2D eigenvalue weighted by Crippen LogP contribution is 2.01. The summed E-state index contributed by atoms with van der Waals surface area (Å²) in [5.74, 6) is 0. The zero-order valence-electron chi connectivity index (χ0n) is 11.9. The summed E-state index contributed by atoms with van der Waals surface area (Å²) in [6, 6.07) is 17.9. The lowest BCUT2D eigenvalue weighted by Crippen LogP contribution is -1.84. The second-order valence-electron chi connectivity index (χ2n) is 3.92. The van der Waals surface area contributed by atoms with Crippen LogP contribution in [0.15, 0.2) is 71.7 Å². The molecule has 3 rings (SSSR count). The Morgan fingerprint density at radius 1 is 0.696 bits per heavy atom. The van der Waals surface area contributed by atoms with Crippen LogP contribution >= 0.6 is 36.6 Å². The van der Waals surface area contributed by atoms with Crippen LogP contribution in [-0.4, -0.2) is 20.4 Å². The van der Waals surface area contributed by atoms with E-state index in [9.17, 15) is 9.59 Å². The van der Waals surface area contributed by atoms with Crippen molar-refractivity contribution in [2.75, 3.05) is 0 Å². The van der Waals surface area contributed by atoms with Crippen LogP contribution in [0.2, 0.25) is 0 Å². The molecular formula is C16H14N2O2S3. The Morgan fingerprint density at radius 2 is 1.04 bits per heavy atom. The van der Waals surface area contributed by atoms with E-state index in [0.29, 0.717) is 11.1 Å². The van der Waals surface area contributed by atoms with Crippen molar-refractivity contribution in [2.24, 2.45) is 0 Å². The van der Waals surface area contributed by atoms with Gasteiger partial charge in [0.2, 0.25) is 10.2 Å². The Hall–Kier alpha value is -1.96. The van der Waals surface area contributed by atoms with Gasteiger partial charge in [-0.2, -0.15) is 0 Å². The van der Waals surface area contributed by atoms with E-state index in [1.165, 1.54) is 11.3 Å². The minimum atomic E-state index is -0.185. The van der Waals surface area contributed by atoms with Crippen LogP contribution in [0.5, 0.6) is 0 Å². The molecule has 0 saturated carbocycles. The van der Waals surface area contributed by atoms with E-state index in [2.05, 4.69) is 35.5 Å². The summed E-state index contributed by atoms with van der Waals surface area (Å²) in [6.45, 7) is 0. The maximum atomic E-state index is 10.5. The van der Waals surface area contributed by atoms with Crippen molar-refractivity contribution in [3.8, 4) is 0 Å². The number of carbonyl (C=O) groups is 2. The first-order chi connectivity index (χ1) is 11.1. The van der Waals surface area contributed by atoms with E-state index >= 15 is 0 Å². The molecule has 23 heavy (non-hydrogen) atoms. The molecule has 0 atom stereocenters. The van der Waals surface area contributed by atoms with Crippen molar-refractivity contribution in [1.29, 1.82) is 0 Å². The molecule has 4 nitrogen and oxygen atoms in total. The van der Waals surface area contributed by atoms with Crippen LogP contribution < -0.4 is 0 Å². The SMILES string of the molecule is O=C(S)c1ccccc1.O=C(S)c1ccccc1.c1nncs1. The summed E-state index contributed by atoms with van der Waals surface area (Å²) in [4.78, 5) is 21.0. The van der Waals surface area contributed by atoms with Crippen molar-refractivity contribution in [1.82, 2.24) is 10.2 Å². The average molecular weight is 363 g/mol. The lowest BCUT2D eigenvalue weighted by atomic mass is 10.2. The van der Waals surface area contributed by atoms with E-state index in [1.807, 2.05) is 36.4 Å². The maximum absolute atomic E-state index is 10.5. The quantitative estimate of drug-likeness (QED) is 0.675. The third-order valence-corrected chi connectivity index (χ3v) is 3.27. The predicted octanol–water partition coefficient (Wildman–Crippen LogP) is 4.05. The predicted molar refractivity (Wildman–Crippen MR) is 99.4 cm³/mol. The highest BCUT2D eigenvalue weighted by molar-refractivity contribution is 7.97. The topological polar surface area (TPSA) is 59.9 Å². The first-order valence-corrected chi connectivity index (χ1v) is 8.20. The zero-order chi connectivity index (χ0) is 16.9. The number of hydrogen-bond donors (Lipinski definition) is 2. The van der Waals surface area contributed by atoms with E-state index in [4.69, 9.17) is 0 Å². The monoisotopic (exact) mass is 362 g/mol. The van der Waals surface area contributed by atoms with Gasteiger partial charge in [0.25, 0.3) is 0 Å². The molecule has 0 bridgehead atoms. The summed E-state index contributed by atoms with van der Waals surface area (Å²) in [5.41, 5.74) is 4.64. The van der Waals surface area contributed by atoms with E-state index < -0.39 is 0 Å². The molecule has 0 spiro atoms. The second kappa shape index (κ2) is 11.6. The van der Waals surface area contributed by atoms with Gasteiger partial charge in [-0.3, -0.25) is 9.59 Å². The Balaban J connectivity index is 0.000000180. The van der Waals surface area contributed by atoms with Gasteiger partial charge in [0.1, 0.15) is 11.0 Å². The van der Waals surface area contributed by atoms with Crippen molar-refractivity contribution in [3.05, 3.63) is 82.8 Å². The molecule has 118 valence electrons. The first-order valence-electron chi connectivity index (χ1n) is 6.36. The van der Waals surface area contributed by atoms with Gasteiger partial charge in [-0.25, -0.2) is 0 Å². The largest absolute Gasteiger partial charge is 0.282 e. The number of benzene rings is 2. The molecule has 0 unspecified atom stereocenters. The van der Waals surface area contributed by atoms with Crippen molar-refractivity contribution >= 4 is 46.8 Å². The number of aromatic nitrogens is 2. The van der Waals surface area contributed by atoms with Crippen LogP contribution in [0.1, 0.15) is 20.7 Å². The average Bonchev–Trinajstić information content (AvgIpc) is 3.17. The van der Waals surface area contributed by atoms with Crippen LogP contribution in [0.3, 0.4) is 0 Å². The molecule has 0 N–H and O–H groups in total. The molecule has 0 aliphatic carbocycles. The molecular weight excluding hydrogens is 348 g/mol. The molecule has 0 amide bonds. The molecule has 1 aromatic heterocycles.